The van der Waals surface area contributed by atoms with Crippen molar-refractivity contribution in [1.29, 1.82) is 0 Å². The SMILES string of the molecule is O=Cc1cc2cc3cc(C(=O)O)c(C(=O)O)cc3cc2cc1C(=O)O. The zero-order valence-electron chi connectivity index (χ0n) is 12.5. The van der Waals surface area contributed by atoms with Gasteiger partial charge in [0.05, 0.1) is 16.7 Å². The third kappa shape index (κ3) is 2.67. The van der Waals surface area contributed by atoms with Gasteiger partial charge in [-0.3, -0.25) is 4.79 Å². The summed E-state index contributed by atoms with van der Waals surface area (Å²) in [4.78, 5) is 44.9. The number of aromatic carboxylic acids is 3. The van der Waals surface area contributed by atoms with Gasteiger partial charge in [-0.15, -0.1) is 0 Å². The van der Waals surface area contributed by atoms with Crippen molar-refractivity contribution in [3.8, 4) is 0 Å². The van der Waals surface area contributed by atoms with Crippen molar-refractivity contribution in [1.82, 2.24) is 0 Å². The Morgan fingerprint density at radius 3 is 1.32 bits per heavy atom. The van der Waals surface area contributed by atoms with Crippen LogP contribution in [-0.2, 0) is 0 Å². The average molecular weight is 338 g/mol. The van der Waals surface area contributed by atoms with Crippen LogP contribution in [0.15, 0.2) is 36.4 Å². The highest BCUT2D eigenvalue weighted by atomic mass is 16.4. The van der Waals surface area contributed by atoms with Crippen LogP contribution in [0, 0.1) is 0 Å². The fourth-order valence-electron chi connectivity index (χ4n) is 2.76. The average Bonchev–Trinajstić information content (AvgIpc) is 2.57. The van der Waals surface area contributed by atoms with Crippen LogP contribution in [0.25, 0.3) is 21.5 Å². The second kappa shape index (κ2) is 5.72. The van der Waals surface area contributed by atoms with E-state index in [2.05, 4.69) is 0 Å². The van der Waals surface area contributed by atoms with E-state index in [0.717, 1.165) is 0 Å². The lowest BCUT2D eigenvalue weighted by Gasteiger charge is -2.09. The summed E-state index contributed by atoms with van der Waals surface area (Å²) in [6.45, 7) is 0. The van der Waals surface area contributed by atoms with Crippen molar-refractivity contribution in [2.24, 2.45) is 0 Å². The molecule has 0 unspecified atom stereocenters. The maximum atomic E-state index is 11.3. The molecule has 0 bridgehead atoms. The summed E-state index contributed by atoms with van der Waals surface area (Å²) in [6, 6.07) is 8.34. The molecule has 0 aliphatic rings. The smallest absolute Gasteiger partial charge is 0.336 e. The van der Waals surface area contributed by atoms with Crippen LogP contribution >= 0.6 is 0 Å². The number of carbonyl (C=O) groups excluding carboxylic acids is 1. The molecule has 3 rings (SSSR count). The van der Waals surface area contributed by atoms with E-state index in [9.17, 15) is 34.5 Å². The van der Waals surface area contributed by atoms with Crippen LogP contribution in [0.2, 0.25) is 0 Å². The third-order valence-electron chi connectivity index (χ3n) is 3.92. The summed E-state index contributed by atoms with van der Waals surface area (Å²) in [6.07, 6.45) is 0.434. The highest BCUT2D eigenvalue weighted by molar-refractivity contribution is 6.10. The molecule has 0 aliphatic carbocycles. The van der Waals surface area contributed by atoms with Gasteiger partial charge in [-0.1, -0.05) is 0 Å². The molecule has 0 saturated carbocycles. The van der Waals surface area contributed by atoms with Gasteiger partial charge in [-0.05, 0) is 57.9 Å². The van der Waals surface area contributed by atoms with E-state index in [4.69, 9.17) is 0 Å². The number of hydrogen-bond acceptors (Lipinski definition) is 4. The maximum absolute atomic E-state index is 11.3. The normalized spacial score (nSPS) is 10.7. The first-order valence-corrected chi connectivity index (χ1v) is 7.02. The van der Waals surface area contributed by atoms with E-state index in [1.54, 1.807) is 12.1 Å². The highest BCUT2D eigenvalue weighted by Crippen LogP contribution is 2.28. The monoisotopic (exact) mass is 338 g/mol. The van der Waals surface area contributed by atoms with Crippen LogP contribution in [-0.4, -0.2) is 39.5 Å². The molecule has 0 spiro atoms. The molecule has 25 heavy (non-hydrogen) atoms. The summed E-state index contributed by atoms with van der Waals surface area (Å²) in [5, 5.41) is 29.5. The summed E-state index contributed by atoms with van der Waals surface area (Å²) in [7, 11) is 0. The minimum atomic E-state index is -1.37. The van der Waals surface area contributed by atoms with Crippen LogP contribution in [0.1, 0.15) is 41.4 Å². The first-order valence-electron chi connectivity index (χ1n) is 7.02. The number of rotatable bonds is 4. The van der Waals surface area contributed by atoms with Gasteiger partial charge in [-0.2, -0.15) is 0 Å². The van der Waals surface area contributed by atoms with E-state index in [1.165, 1.54) is 24.3 Å². The van der Waals surface area contributed by atoms with Crippen molar-refractivity contribution in [2.75, 3.05) is 0 Å². The Hall–Kier alpha value is -3.74. The lowest BCUT2D eigenvalue weighted by atomic mass is 9.95. The molecule has 3 N–H and O–H groups in total. The van der Waals surface area contributed by atoms with E-state index >= 15 is 0 Å². The molecular formula is C18H10O7. The number of fused-ring (bicyclic) bond motifs is 2. The molecule has 3 aromatic carbocycles. The quantitative estimate of drug-likeness (QED) is 0.492. The number of carbonyl (C=O) groups is 4. The molecular weight excluding hydrogens is 328 g/mol. The third-order valence-corrected chi connectivity index (χ3v) is 3.92. The van der Waals surface area contributed by atoms with Gasteiger partial charge in [0.1, 0.15) is 0 Å². The Bertz CT molecular complexity index is 1100. The summed E-state index contributed by atoms with van der Waals surface area (Å²) < 4.78 is 0. The first kappa shape index (κ1) is 16.1. The molecule has 0 fully saturated rings. The zero-order valence-corrected chi connectivity index (χ0v) is 12.5. The largest absolute Gasteiger partial charge is 0.478 e. The van der Waals surface area contributed by atoms with Crippen molar-refractivity contribution in [3.05, 3.63) is 58.7 Å². The van der Waals surface area contributed by atoms with Gasteiger partial charge in [-0.25, -0.2) is 14.4 Å². The number of aldehydes is 1. The fourth-order valence-corrected chi connectivity index (χ4v) is 2.76. The predicted octanol–water partition coefficient (Wildman–Crippen LogP) is 2.90. The zero-order chi connectivity index (χ0) is 18.3. The summed E-state index contributed by atoms with van der Waals surface area (Å²) in [5.41, 5.74) is -0.873. The molecule has 124 valence electrons. The predicted molar refractivity (Wildman–Crippen MR) is 87.7 cm³/mol. The van der Waals surface area contributed by atoms with Gasteiger partial charge in [0.25, 0.3) is 0 Å². The number of benzene rings is 3. The second-order valence-electron chi connectivity index (χ2n) is 5.42. The highest BCUT2D eigenvalue weighted by Gasteiger charge is 2.18. The Morgan fingerprint density at radius 1 is 0.600 bits per heavy atom. The molecule has 7 heteroatoms. The van der Waals surface area contributed by atoms with Gasteiger partial charge < -0.3 is 15.3 Å². The van der Waals surface area contributed by atoms with E-state index in [0.29, 0.717) is 27.8 Å². The molecule has 3 aromatic rings. The Morgan fingerprint density at radius 2 is 0.960 bits per heavy atom. The number of carboxylic acids is 3. The Balaban J connectivity index is 2.39. The fraction of sp³-hybridized carbons (Fsp3) is 0. The van der Waals surface area contributed by atoms with Crippen LogP contribution in [0.3, 0.4) is 0 Å². The Kier molecular flexibility index (Phi) is 3.69. The van der Waals surface area contributed by atoms with Gasteiger partial charge in [0.2, 0.25) is 0 Å². The van der Waals surface area contributed by atoms with E-state index in [1.807, 2.05) is 0 Å². The minimum absolute atomic E-state index is 0.0000332. The standard InChI is InChI=1S/C18H10O7/c19-7-12-3-8-1-10-5-14(17(22)23)15(18(24)25)6-11(10)2-9(8)4-13(12)16(20)21/h1-7H,(H,20,21)(H,22,23)(H,24,25). The first-order chi connectivity index (χ1) is 11.8. The van der Waals surface area contributed by atoms with Crippen molar-refractivity contribution in [2.45, 2.75) is 0 Å². The molecule has 0 saturated heterocycles. The van der Waals surface area contributed by atoms with Crippen LogP contribution in [0.4, 0.5) is 0 Å². The molecule has 0 aromatic heterocycles. The molecule has 7 nitrogen and oxygen atoms in total. The minimum Gasteiger partial charge on any atom is -0.478 e. The van der Waals surface area contributed by atoms with Gasteiger partial charge >= 0.3 is 17.9 Å². The van der Waals surface area contributed by atoms with Gasteiger partial charge in [0.15, 0.2) is 6.29 Å². The molecule has 0 aliphatic heterocycles. The van der Waals surface area contributed by atoms with Crippen molar-refractivity contribution >= 4 is 45.7 Å². The lowest BCUT2D eigenvalue weighted by molar-refractivity contribution is 0.0652. The summed E-state index contributed by atoms with van der Waals surface area (Å²) >= 11 is 0. The topological polar surface area (TPSA) is 129 Å². The number of hydrogen-bond donors (Lipinski definition) is 3. The van der Waals surface area contributed by atoms with Gasteiger partial charge in [0, 0.05) is 5.56 Å². The Labute approximate surface area is 139 Å². The van der Waals surface area contributed by atoms with Crippen LogP contribution in [0.5, 0.6) is 0 Å². The van der Waals surface area contributed by atoms with Crippen molar-refractivity contribution in [3.63, 3.8) is 0 Å². The van der Waals surface area contributed by atoms with E-state index < -0.39 is 17.9 Å². The second-order valence-corrected chi connectivity index (χ2v) is 5.42. The summed E-state index contributed by atoms with van der Waals surface area (Å²) in [5.74, 6) is -3.99. The maximum Gasteiger partial charge on any atom is 0.336 e. The molecule has 0 amide bonds. The molecule has 0 heterocycles. The number of carboxylic acid groups (broad SMARTS) is 3. The molecule has 0 atom stereocenters. The van der Waals surface area contributed by atoms with Crippen molar-refractivity contribution < 1.29 is 34.5 Å². The van der Waals surface area contributed by atoms with Crippen LogP contribution < -0.4 is 0 Å². The molecule has 0 radical (unpaired) electrons. The van der Waals surface area contributed by atoms with E-state index in [-0.39, 0.29) is 22.3 Å². The lowest BCUT2D eigenvalue weighted by Crippen LogP contribution is -2.08.